The quantitative estimate of drug-likeness (QED) is 0.0651. The summed E-state index contributed by atoms with van der Waals surface area (Å²) >= 11 is 0. The van der Waals surface area contributed by atoms with Crippen molar-refractivity contribution in [3.8, 4) is 11.5 Å². The molecule has 6 N–H and O–H groups in total. The molecule has 55 heavy (non-hydrogen) atoms. The van der Waals surface area contributed by atoms with E-state index in [2.05, 4.69) is 9.44 Å². The van der Waals surface area contributed by atoms with Crippen molar-refractivity contribution >= 4 is 51.5 Å². The Morgan fingerprint density at radius 3 is 1.11 bits per heavy atom. The normalized spacial score (nSPS) is 11.8. The molecule has 0 saturated carbocycles. The van der Waals surface area contributed by atoms with Crippen molar-refractivity contribution < 1.29 is 73.2 Å². The van der Waals surface area contributed by atoms with Crippen LogP contribution in [0, 0.1) is 20.2 Å². The standard InChI is InChI=1S/2C15H17N3O7S2.Zn/c2*16-27(24,25)14-4-1-11(2-5-14)7-8-17-26(22,23)10-12-9-13(18(20)21)3-6-15(12)19;/h2*1-6,9,17,19H,7-8,10H2,(H2,16,24,25);/q;;+2/p-2. The van der Waals surface area contributed by atoms with Gasteiger partial charge < -0.3 is 10.2 Å². The third-order valence-corrected chi connectivity index (χ3v) is 11.7. The summed E-state index contributed by atoms with van der Waals surface area (Å²) in [7, 11) is -15.4. The zero-order valence-electron chi connectivity index (χ0n) is 28.4. The van der Waals surface area contributed by atoms with E-state index in [4.69, 9.17) is 10.3 Å². The Bertz CT molecular complexity index is 2280. The van der Waals surface area contributed by atoms with Gasteiger partial charge in [-0.05, 0) is 59.4 Å². The van der Waals surface area contributed by atoms with E-state index in [1.165, 1.54) is 48.5 Å². The van der Waals surface area contributed by atoms with Crippen molar-refractivity contribution in [2.75, 3.05) is 13.1 Å². The summed E-state index contributed by atoms with van der Waals surface area (Å²) in [5.74, 6) is -2.58. The van der Waals surface area contributed by atoms with Crippen LogP contribution in [0.2, 0.25) is 0 Å². The summed E-state index contributed by atoms with van der Waals surface area (Å²) < 4.78 is 97.7. The first-order valence-electron chi connectivity index (χ1n) is 15.0. The Labute approximate surface area is 328 Å². The Kier molecular flexibility index (Phi) is 16.5. The van der Waals surface area contributed by atoms with Crippen LogP contribution in [0.15, 0.2) is 94.7 Å². The number of hydrogen-bond donors (Lipinski definition) is 4. The van der Waals surface area contributed by atoms with E-state index >= 15 is 0 Å². The molecular formula is C30H32N6O14S4Zn. The molecule has 0 amide bonds. The number of nitrogens with one attached hydrogen (secondary N) is 2. The van der Waals surface area contributed by atoms with Gasteiger partial charge in [-0.3, -0.25) is 20.2 Å². The number of benzene rings is 4. The van der Waals surface area contributed by atoms with Gasteiger partial charge in [0.15, 0.2) is 0 Å². The SMILES string of the molecule is NS(=O)(=O)c1ccc(CCNS(=O)(=O)Cc2cc([N+](=O)[O-])ccc2[O-])cc1.NS(=O)(=O)c1ccc(CCNS(=O)(=O)Cc2cc([N+](=O)[O-])ccc2[O-])cc1.[Zn+2]. The first kappa shape index (κ1) is 46.7. The van der Waals surface area contributed by atoms with Crippen LogP contribution in [0.1, 0.15) is 22.3 Å². The number of hydrogen-bond acceptors (Lipinski definition) is 14. The van der Waals surface area contributed by atoms with E-state index in [-0.39, 0.29) is 77.7 Å². The second-order valence-electron chi connectivity index (χ2n) is 11.3. The fourth-order valence-corrected chi connectivity index (χ4v) is 7.82. The average Bonchev–Trinajstić information content (AvgIpc) is 3.06. The van der Waals surface area contributed by atoms with Crippen molar-refractivity contribution in [1.29, 1.82) is 0 Å². The third kappa shape index (κ3) is 15.3. The van der Waals surface area contributed by atoms with Gasteiger partial charge in [-0.15, -0.1) is 11.5 Å². The monoisotopic (exact) mass is 892 g/mol. The molecule has 0 spiro atoms. The predicted octanol–water partition coefficient (Wildman–Crippen LogP) is -0.0467. The number of nitrogens with zero attached hydrogens (tertiary/aromatic N) is 2. The first-order valence-corrected chi connectivity index (χ1v) is 21.4. The van der Waals surface area contributed by atoms with Gasteiger partial charge in [0.25, 0.3) is 11.4 Å². The van der Waals surface area contributed by atoms with E-state index in [1.54, 1.807) is 0 Å². The minimum atomic E-state index is -3.89. The maximum absolute atomic E-state index is 12.1. The van der Waals surface area contributed by atoms with Gasteiger partial charge in [-0.2, -0.15) is 0 Å². The van der Waals surface area contributed by atoms with Crippen molar-refractivity contribution in [1.82, 2.24) is 9.44 Å². The topological polar surface area (TPSA) is 345 Å². The number of nitro groups is 2. The minimum Gasteiger partial charge on any atom is -0.872 e. The van der Waals surface area contributed by atoms with E-state index in [0.29, 0.717) is 11.1 Å². The molecule has 0 unspecified atom stereocenters. The molecule has 4 aromatic rings. The zero-order chi connectivity index (χ0) is 40.5. The summed E-state index contributed by atoms with van der Waals surface area (Å²) in [6, 6.07) is 17.1. The second-order valence-corrected chi connectivity index (χ2v) is 18.0. The van der Waals surface area contributed by atoms with Crippen LogP contribution >= 0.6 is 0 Å². The molecule has 20 nitrogen and oxygen atoms in total. The van der Waals surface area contributed by atoms with Gasteiger partial charge in [0.05, 0.1) is 31.1 Å². The van der Waals surface area contributed by atoms with Crippen molar-refractivity contribution in [2.24, 2.45) is 10.3 Å². The van der Waals surface area contributed by atoms with Crippen LogP contribution in [-0.4, -0.2) is 56.6 Å². The fourth-order valence-electron chi connectivity index (χ4n) is 4.49. The fraction of sp³-hybridized carbons (Fsp3) is 0.200. The van der Waals surface area contributed by atoms with Gasteiger partial charge in [-0.1, -0.05) is 36.4 Å². The molecule has 0 radical (unpaired) electrons. The molecular weight excluding hydrogens is 862 g/mol. The molecule has 0 aliphatic heterocycles. The van der Waals surface area contributed by atoms with Gasteiger partial charge in [0.1, 0.15) is 0 Å². The third-order valence-electron chi connectivity index (χ3n) is 7.18. The van der Waals surface area contributed by atoms with Gasteiger partial charge in [-0.25, -0.2) is 53.4 Å². The molecule has 292 valence electrons. The summed E-state index contributed by atoms with van der Waals surface area (Å²) in [6.45, 7) is 0.000342. The van der Waals surface area contributed by atoms with Crippen LogP contribution in [0.4, 0.5) is 11.4 Å². The molecule has 0 fully saturated rings. The molecule has 0 atom stereocenters. The van der Waals surface area contributed by atoms with Crippen molar-refractivity contribution in [3.05, 3.63) is 127 Å². The molecule has 4 rings (SSSR count). The van der Waals surface area contributed by atoms with Crippen LogP contribution in [0.3, 0.4) is 0 Å². The zero-order valence-corrected chi connectivity index (χ0v) is 34.7. The van der Waals surface area contributed by atoms with Crippen LogP contribution in [0.25, 0.3) is 0 Å². The Morgan fingerprint density at radius 2 is 0.836 bits per heavy atom. The smallest absolute Gasteiger partial charge is 0.872 e. The van der Waals surface area contributed by atoms with Crippen LogP contribution < -0.4 is 29.9 Å². The minimum absolute atomic E-state index is 0. The number of sulfonamides is 4. The van der Waals surface area contributed by atoms with E-state index < -0.39 is 72.9 Å². The van der Waals surface area contributed by atoms with Crippen molar-refractivity contribution in [3.63, 3.8) is 0 Å². The number of nitrogens with two attached hydrogens (primary N) is 2. The van der Waals surface area contributed by atoms with E-state index in [0.717, 1.165) is 36.4 Å². The maximum Gasteiger partial charge on any atom is 2.00 e. The second kappa shape index (κ2) is 19.4. The van der Waals surface area contributed by atoms with Gasteiger partial charge >= 0.3 is 19.5 Å². The average molecular weight is 894 g/mol. The summed E-state index contributed by atoms with van der Waals surface area (Å²) in [5.41, 5.74) is 0.211. The van der Waals surface area contributed by atoms with Gasteiger partial charge in [0, 0.05) is 37.4 Å². The molecule has 0 heterocycles. The molecule has 0 saturated heterocycles. The van der Waals surface area contributed by atoms with E-state index in [1.807, 2.05) is 0 Å². The predicted molar refractivity (Wildman–Crippen MR) is 189 cm³/mol. The number of primary sulfonamides is 2. The molecule has 0 bridgehead atoms. The van der Waals surface area contributed by atoms with Gasteiger partial charge in [0.2, 0.25) is 40.1 Å². The van der Waals surface area contributed by atoms with Crippen LogP contribution in [-0.2, 0) is 83.9 Å². The maximum atomic E-state index is 12.1. The van der Waals surface area contributed by atoms with E-state index in [9.17, 15) is 64.1 Å². The number of nitro benzene ring substituents is 2. The summed E-state index contributed by atoms with van der Waals surface area (Å²) in [6.07, 6.45) is 0.534. The summed E-state index contributed by atoms with van der Waals surface area (Å²) in [5, 5.41) is 54.9. The molecule has 25 heteroatoms. The Balaban J connectivity index is 0.000000373. The Morgan fingerprint density at radius 1 is 0.527 bits per heavy atom. The largest absolute Gasteiger partial charge is 2.00 e. The Hall–Kier alpha value is -4.46. The van der Waals surface area contributed by atoms with Crippen molar-refractivity contribution in [2.45, 2.75) is 34.1 Å². The number of non-ortho nitro benzene ring substituents is 2. The molecule has 0 aliphatic rings. The molecule has 4 aromatic carbocycles. The molecule has 0 aromatic heterocycles. The van der Waals surface area contributed by atoms with Crippen LogP contribution in [0.5, 0.6) is 11.5 Å². The molecule has 0 aliphatic carbocycles. The summed E-state index contributed by atoms with van der Waals surface area (Å²) in [4.78, 5) is 19.9. The number of rotatable bonds is 16. The first-order chi connectivity index (χ1) is 25.0.